The maximum atomic E-state index is 10.9. The van der Waals surface area contributed by atoms with E-state index in [2.05, 4.69) is 0 Å². The van der Waals surface area contributed by atoms with E-state index in [1.54, 1.807) is 25.1 Å². The van der Waals surface area contributed by atoms with Crippen molar-refractivity contribution in [1.82, 2.24) is 0 Å². The summed E-state index contributed by atoms with van der Waals surface area (Å²) in [7, 11) is 0. The van der Waals surface area contributed by atoms with Gasteiger partial charge >= 0.3 is 5.97 Å². The van der Waals surface area contributed by atoms with Gasteiger partial charge in [0.25, 0.3) is 0 Å². The highest BCUT2D eigenvalue weighted by atomic mass is 16.5. The Morgan fingerprint density at radius 2 is 1.61 bits per heavy atom. The molecule has 92 valence electrons. The van der Waals surface area contributed by atoms with Gasteiger partial charge in [-0.3, -0.25) is 0 Å². The molecule has 2 aromatic rings. The van der Waals surface area contributed by atoms with E-state index in [1.807, 2.05) is 31.2 Å². The molecule has 0 fully saturated rings. The van der Waals surface area contributed by atoms with Crippen LogP contribution in [0.15, 0.2) is 42.5 Å². The van der Waals surface area contributed by atoms with Crippen LogP contribution in [0.3, 0.4) is 0 Å². The van der Waals surface area contributed by atoms with Gasteiger partial charge in [0, 0.05) is 0 Å². The third-order valence-corrected chi connectivity index (χ3v) is 2.68. The molecule has 2 aromatic carbocycles. The van der Waals surface area contributed by atoms with E-state index in [0.29, 0.717) is 16.9 Å². The molecule has 0 saturated heterocycles. The van der Waals surface area contributed by atoms with Crippen LogP contribution in [0, 0.1) is 13.8 Å². The zero-order chi connectivity index (χ0) is 13.1. The second kappa shape index (κ2) is 4.92. The molecule has 1 N–H and O–H groups in total. The van der Waals surface area contributed by atoms with Gasteiger partial charge in [0.2, 0.25) is 0 Å². The summed E-state index contributed by atoms with van der Waals surface area (Å²) in [5, 5.41) is 8.94. The molecule has 0 aliphatic rings. The highest BCUT2D eigenvalue weighted by Crippen LogP contribution is 2.24. The maximum Gasteiger partial charge on any atom is 0.335 e. The van der Waals surface area contributed by atoms with E-state index >= 15 is 0 Å². The van der Waals surface area contributed by atoms with Crippen LogP contribution >= 0.6 is 0 Å². The Kier molecular flexibility index (Phi) is 3.33. The molecule has 0 aliphatic carbocycles. The Hall–Kier alpha value is -2.29. The number of aromatic carboxylic acids is 1. The Morgan fingerprint density at radius 1 is 1.00 bits per heavy atom. The first-order chi connectivity index (χ1) is 8.56. The quantitative estimate of drug-likeness (QED) is 0.890. The molecule has 0 aromatic heterocycles. The normalized spacial score (nSPS) is 10.1. The van der Waals surface area contributed by atoms with Crippen molar-refractivity contribution >= 4 is 5.97 Å². The molecule has 0 unspecified atom stereocenters. The SMILES string of the molecule is Cc1ccc(Oc2ccc(C(=O)O)c(C)c2)cc1. The summed E-state index contributed by atoms with van der Waals surface area (Å²) in [5.41, 5.74) is 2.15. The van der Waals surface area contributed by atoms with E-state index in [1.165, 1.54) is 5.56 Å². The predicted molar refractivity (Wildman–Crippen MR) is 69.4 cm³/mol. The van der Waals surface area contributed by atoms with Gasteiger partial charge in [0.15, 0.2) is 0 Å². The minimum absolute atomic E-state index is 0.297. The molecule has 0 spiro atoms. The van der Waals surface area contributed by atoms with Crippen molar-refractivity contribution in [2.45, 2.75) is 13.8 Å². The number of rotatable bonds is 3. The smallest absolute Gasteiger partial charge is 0.335 e. The standard InChI is InChI=1S/C15H14O3/c1-10-3-5-12(6-4-10)18-13-7-8-14(15(16)17)11(2)9-13/h3-9H,1-2H3,(H,16,17). The number of hydrogen-bond donors (Lipinski definition) is 1. The van der Waals surface area contributed by atoms with Crippen LogP contribution in [0.5, 0.6) is 11.5 Å². The summed E-state index contributed by atoms with van der Waals surface area (Å²) in [5.74, 6) is 0.457. The van der Waals surface area contributed by atoms with Crippen molar-refractivity contribution < 1.29 is 14.6 Å². The summed E-state index contributed by atoms with van der Waals surface area (Å²) >= 11 is 0. The van der Waals surface area contributed by atoms with Crippen molar-refractivity contribution in [3.05, 3.63) is 59.2 Å². The fourth-order valence-corrected chi connectivity index (χ4v) is 1.68. The lowest BCUT2D eigenvalue weighted by molar-refractivity contribution is 0.0696. The Morgan fingerprint density at radius 3 is 2.17 bits per heavy atom. The number of benzene rings is 2. The fourth-order valence-electron chi connectivity index (χ4n) is 1.68. The molecule has 0 bridgehead atoms. The average Bonchev–Trinajstić information content (AvgIpc) is 2.32. The van der Waals surface area contributed by atoms with Crippen LogP contribution in [0.2, 0.25) is 0 Å². The lowest BCUT2D eigenvalue weighted by Crippen LogP contribution is -1.99. The second-order valence-corrected chi connectivity index (χ2v) is 4.20. The Balaban J connectivity index is 2.22. The van der Waals surface area contributed by atoms with Gasteiger partial charge in [0.1, 0.15) is 11.5 Å². The highest BCUT2D eigenvalue weighted by Gasteiger charge is 2.07. The second-order valence-electron chi connectivity index (χ2n) is 4.20. The van der Waals surface area contributed by atoms with Crippen LogP contribution in [0.4, 0.5) is 0 Å². The van der Waals surface area contributed by atoms with E-state index in [0.717, 1.165) is 5.75 Å². The topological polar surface area (TPSA) is 46.5 Å². The van der Waals surface area contributed by atoms with E-state index in [9.17, 15) is 4.79 Å². The van der Waals surface area contributed by atoms with Crippen molar-refractivity contribution in [3.8, 4) is 11.5 Å². The van der Waals surface area contributed by atoms with Crippen molar-refractivity contribution in [2.75, 3.05) is 0 Å². The number of carboxylic acids is 1. The number of carboxylic acid groups (broad SMARTS) is 1. The average molecular weight is 242 g/mol. The van der Waals surface area contributed by atoms with Gasteiger partial charge in [-0.05, 0) is 49.7 Å². The van der Waals surface area contributed by atoms with Gasteiger partial charge in [-0.25, -0.2) is 4.79 Å². The summed E-state index contributed by atoms with van der Waals surface area (Å²) in [6.07, 6.45) is 0. The minimum atomic E-state index is -0.922. The molecular weight excluding hydrogens is 228 g/mol. The molecule has 0 aliphatic heterocycles. The molecule has 0 atom stereocenters. The number of hydrogen-bond acceptors (Lipinski definition) is 2. The summed E-state index contributed by atoms with van der Waals surface area (Å²) in [6, 6.07) is 12.6. The first kappa shape index (κ1) is 12.2. The van der Waals surface area contributed by atoms with Crippen LogP contribution in [-0.2, 0) is 0 Å². The van der Waals surface area contributed by atoms with Crippen molar-refractivity contribution in [1.29, 1.82) is 0 Å². The van der Waals surface area contributed by atoms with Gasteiger partial charge < -0.3 is 9.84 Å². The zero-order valence-corrected chi connectivity index (χ0v) is 10.3. The number of ether oxygens (including phenoxy) is 1. The van der Waals surface area contributed by atoms with Crippen LogP contribution in [0.25, 0.3) is 0 Å². The molecule has 18 heavy (non-hydrogen) atoms. The number of aryl methyl sites for hydroxylation is 2. The van der Waals surface area contributed by atoms with Gasteiger partial charge in [0.05, 0.1) is 5.56 Å². The molecule has 2 rings (SSSR count). The van der Waals surface area contributed by atoms with E-state index in [4.69, 9.17) is 9.84 Å². The molecule has 0 heterocycles. The lowest BCUT2D eigenvalue weighted by atomic mass is 10.1. The minimum Gasteiger partial charge on any atom is -0.478 e. The van der Waals surface area contributed by atoms with Crippen LogP contribution in [0.1, 0.15) is 21.5 Å². The lowest BCUT2D eigenvalue weighted by Gasteiger charge is -2.08. The molecule has 3 nitrogen and oxygen atoms in total. The molecule has 0 radical (unpaired) electrons. The Bertz CT molecular complexity index is 571. The van der Waals surface area contributed by atoms with Crippen molar-refractivity contribution in [2.24, 2.45) is 0 Å². The largest absolute Gasteiger partial charge is 0.478 e. The third-order valence-electron chi connectivity index (χ3n) is 2.68. The fraction of sp³-hybridized carbons (Fsp3) is 0.133. The summed E-state index contributed by atoms with van der Waals surface area (Å²) < 4.78 is 5.66. The molecule has 0 amide bonds. The van der Waals surface area contributed by atoms with Gasteiger partial charge in [-0.15, -0.1) is 0 Å². The Labute approximate surface area is 106 Å². The first-order valence-electron chi connectivity index (χ1n) is 5.65. The first-order valence-corrected chi connectivity index (χ1v) is 5.65. The molecule has 3 heteroatoms. The van der Waals surface area contributed by atoms with Gasteiger partial charge in [-0.1, -0.05) is 17.7 Å². The van der Waals surface area contributed by atoms with E-state index < -0.39 is 5.97 Å². The zero-order valence-electron chi connectivity index (χ0n) is 10.3. The monoisotopic (exact) mass is 242 g/mol. The van der Waals surface area contributed by atoms with Gasteiger partial charge in [-0.2, -0.15) is 0 Å². The van der Waals surface area contributed by atoms with E-state index in [-0.39, 0.29) is 0 Å². The highest BCUT2D eigenvalue weighted by molar-refractivity contribution is 5.89. The van der Waals surface area contributed by atoms with Crippen LogP contribution in [-0.4, -0.2) is 11.1 Å². The third kappa shape index (κ3) is 2.69. The van der Waals surface area contributed by atoms with Crippen LogP contribution < -0.4 is 4.74 Å². The maximum absolute atomic E-state index is 10.9. The van der Waals surface area contributed by atoms with Crippen molar-refractivity contribution in [3.63, 3.8) is 0 Å². The predicted octanol–water partition coefficient (Wildman–Crippen LogP) is 3.79. The summed E-state index contributed by atoms with van der Waals surface area (Å²) in [6.45, 7) is 3.76. The number of carbonyl (C=O) groups is 1. The molecular formula is C15H14O3. The molecule has 0 saturated carbocycles. The summed E-state index contributed by atoms with van der Waals surface area (Å²) in [4.78, 5) is 10.9.